The van der Waals surface area contributed by atoms with Gasteiger partial charge in [-0.2, -0.15) is 9.97 Å². The number of ether oxygens (including phenoxy) is 1. The van der Waals surface area contributed by atoms with Crippen molar-refractivity contribution < 1.29 is 7.80 Å². The van der Waals surface area contributed by atoms with Crippen molar-refractivity contribution in [3.63, 3.8) is 0 Å². The summed E-state index contributed by atoms with van der Waals surface area (Å²) in [7, 11) is 0. The third-order valence-electron chi connectivity index (χ3n) is 3.60. The first kappa shape index (κ1) is 16.9. The quantitative estimate of drug-likeness (QED) is 0.570. The first-order valence-electron chi connectivity index (χ1n) is 7.60. The smallest absolute Gasteiger partial charge is 0.247 e. The molecule has 0 radical (unpaired) electrons. The van der Waals surface area contributed by atoms with E-state index in [1.165, 1.54) is 0 Å². The molecule has 1 atom stereocenters. The van der Waals surface area contributed by atoms with Gasteiger partial charge in [0.25, 0.3) is 0 Å². The van der Waals surface area contributed by atoms with Crippen molar-refractivity contribution in [1.29, 1.82) is 0 Å². The third-order valence-corrected chi connectivity index (χ3v) is 4.46. The zero-order valence-corrected chi connectivity index (χ0v) is 15.4. The molecular weight excluding hydrogens is 421 g/mol. The second-order valence-electron chi connectivity index (χ2n) is 5.46. The summed E-state index contributed by atoms with van der Waals surface area (Å²) in [5, 5.41) is 0. The van der Waals surface area contributed by atoms with Crippen LogP contribution in [0.4, 0.5) is 5.95 Å². The fourth-order valence-electron chi connectivity index (χ4n) is 2.29. The highest BCUT2D eigenvalue weighted by molar-refractivity contribution is 14.1. The molecule has 1 aromatic carbocycles. The Morgan fingerprint density at radius 3 is 2.79 bits per heavy atom. The molecule has 1 unspecified atom stereocenters. The summed E-state index contributed by atoms with van der Waals surface area (Å²) in [6, 6.07) is 9.88. The number of aromatic nitrogens is 4. The molecule has 126 valence electrons. The molecule has 0 saturated heterocycles. The molecular formula is C16H18IN5O2. The Kier molecular flexibility index (Phi) is 5.46. The zero-order valence-electron chi connectivity index (χ0n) is 13.2. The van der Waals surface area contributed by atoms with Gasteiger partial charge in [0.1, 0.15) is 29.6 Å². The van der Waals surface area contributed by atoms with E-state index >= 15 is 0 Å². The number of hydrogen-bond donors (Lipinski definition) is 1. The molecule has 0 aliphatic heterocycles. The van der Waals surface area contributed by atoms with Crippen molar-refractivity contribution in [1.82, 2.24) is 19.5 Å². The SMILES string of the molecule is CC(CCn1cnc2c(OCc3ccccc3)nc(N)nc21)OI. The lowest BCUT2D eigenvalue weighted by molar-refractivity contribution is 0.281. The number of halogens is 1. The Hall–Kier alpha value is -1.94. The van der Waals surface area contributed by atoms with Crippen LogP contribution in [0.5, 0.6) is 5.88 Å². The molecule has 3 aromatic rings. The maximum atomic E-state index is 5.83. The van der Waals surface area contributed by atoms with E-state index in [-0.39, 0.29) is 12.1 Å². The van der Waals surface area contributed by atoms with Crippen LogP contribution in [0.1, 0.15) is 18.9 Å². The number of anilines is 1. The molecule has 2 aromatic heterocycles. The molecule has 2 N–H and O–H groups in total. The maximum absolute atomic E-state index is 5.83. The van der Waals surface area contributed by atoms with Crippen LogP contribution in [-0.4, -0.2) is 25.6 Å². The van der Waals surface area contributed by atoms with E-state index in [9.17, 15) is 0 Å². The molecule has 0 amide bonds. The van der Waals surface area contributed by atoms with Crippen LogP contribution in [0.15, 0.2) is 36.7 Å². The average Bonchev–Trinajstić information content (AvgIpc) is 3.01. The first-order valence-corrected chi connectivity index (χ1v) is 8.48. The number of benzene rings is 1. The van der Waals surface area contributed by atoms with E-state index in [0.29, 0.717) is 23.7 Å². The van der Waals surface area contributed by atoms with Crippen LogP contribution in [0.3, 0.4) is 0 Å². The lowest BCUT2D eigenvalue weighted by atomic mass is 10.2. The summed E-state index contributed by atoms with van der Waals surface area (Å²) in [6.45, 7) is 3.15. The summed E-state index contributed by atoms with van der Waals surface area (Å²) >= 11 is 1.91. The lowest BCUT2D eigenvalue weighted by Gasteiger charge is -2.09. The average molecular weight is 439 g/mol. The van der Waals surface area contributed by atoms with Crippen LogP contribution in [0.2, 0.25) is 0 Å². The molecule has 0 fully saturated rings. The second-order valence-corrected chi connectivity index (χ2v) is 5.97. The van der Waals surface area contributed by atoms with Gasteiger partial charge in [-0.25, -0.2) is 4.98 Å². The predicted molar refractivity (Wildman–Crippen MR) is 99.7 cm³/mol. The fraction of sp³-hybridized carbons (Fsp3) is 0.312. The van der Waals surface area contributed by atoms with Crippen molar-refractivity contribution in [2.75, 3.05) is 5.73 Å². The molecule has 7 nitrogen and oxygen atoms in total. The highest BCUT2D eigenvalue weighted by Crippen LogP contribution is 2.23. The van der Waals surface area contributed by atoms with Crippen LogP contribution in [0, 0.1) is 0 Å². The van der Waals surface area contributed by atoms with Crippen LogP contribution < -0.4 is 10.5 Å². The Labute approximate surface area is 153 Å². The standard InChI is InChI=1S/C16H18IN5O2/c1-11(24-17)7-8-22-10-19-13-14(22)20-16(18)21-15(13)23-9-12-5-3-2-4-6-12/h2-6,10-11H,7-9H2,1H3,(H2,18,20,21). The lowest BCUT2D eigenvalue weighted by Crippen LogP contribution is -2.08. The highest BCUT2D eigenvalue weighted by Gasteiger charge is 2.14. The van der Waals surface area contributed by atoms with Crippen molar-refractivity contribution in [3.05, 3.63) is 42.2 Å². The maximum Gasteiger partial charge on any atom is 0.247 e. The molecule has 8 heteroatoms. The van der Waals surface area contributed by atoms with Crippen LogP contribution in [-0.2, 0) is 16.2 Å². The van der Waals surface area contributed by atoms with Gasteiger partial charge < -0.3 is 18.1 Å². The number of hydrogen-bond acceptors (Lipinski definition) is 6. The fourth-order valence-corrected chi connectivity index (χ4v) is 2.54. The van der Waals surface area contributed by atoms with Gasteiger partial charge in [0.05, 0.1) is 12.4 Å². The number of rotatable bonds is 7. The molecule has 0 saturated carbocycles. The van der Waals surface area contributed by atoms with Crippen molar-refractivity contribution >= 4 is 40.1 Å². The molecule has 0 aliphatic carbocycles. The van der Waals surface area contributed by atoms with E-state index in [4.69, 9.17) is 13.5 Å². The topological polar surface area (TPSA) is 88.1 Å². The molecule has 3 rings (SSSR count). The van der Waals surface area contributed by atoms with E-state index in [2.05, 4.69) is 15.0 Å². The molecule has 2 heterocycles. The van der Waals surface area contributed by atoms with Gasteiger partial charge in [0, 0.05) is 6.54 Å². The normalized spacial score (nSPS) is 12.4. The number of nitrogens with two attached hydrogens (primary N) is 1. The zero-order chi connectivity index (χ0) is 16.9. The molecule has 0 spiro atoms. The number of nitrogens with zero attached hydrogens (tertiary/aromatic N) is 4. The minimum atomic E-state index is 0.149. The Morgan fingerprint density at radius 2 is 2.04 bits per heavy atom. The number of fused-ring (bicyclic) bond motifs is 1. The Balaban J connectivity index is 1.82. The third kappa shape index (κ3) is 3.93. The Bertz CT molecular complexity index is 809. The summed E-state index contributed by atoms with van der Waals surface area (Å²) in [6.07, 6.45) is 2.73. The van der Waals surface area contributed by atoms with Crippen molar-refractivity contribution in [3.8, 4) is 5.88 Å². The van der Waals surface area contributed by atoms with E-state index in [1.54, 1.807) is 6.33 Å². The molecule has 0 bridgehead atoms. The minimum absolute atomic E-state index is 0.149. The summed E-state index contributed by atoms with van der Waals surface area (Å²) in [5.74, 6) is 0.573. The monoisotopic (exact) mass is 439 g/mol. The van der Waals surface area contributed by atoms with E-state index in [1.807, 2.05) is 64.8 Å². The van der Waals surface area contributed by atoms with Crippen LogP contribution in [0.25, 0.3) is 11.2 Å². The minimum Gasteiger partial charge on any atom is -0.471 e. The number of nitrogen functional groups attached to an aromatic ring is 1. The van der Waals surface area contributed by atoms with Gasteiger partial charge in [-0.05, 0) is 18.9 Å². The van der Waals surface area contributed by atoms with Crippen molar-refractivity contribution in [2.24, 2.45) is 0 Å². The number of imidazole rings is 1. The van der Waals surface area contributed by atoms with Gasteiger partial charge in [-0.1, -0.05) is 30.3 Å². The molecule has 0 aliphatic rings. The van der Waals surface area contributed by atoms with Gasteiger partial charge in [0.2, 0.25) is 11.8 Å². The van der Waals surface area contributed by atoms with E-state index < -0.39 is 0 Å². The van der Waals surface area contributed by atoms with Gasteiger partial charge in [-0.15, -0.1) is 0 Å². The predicted octanol–water partition coefficient (Wildman–Crippen LogP) is 3.13. The summed E-state index contributed by atoms with van der Waals surface area (Å²) in [4.78, 5) is 12.9. The highest BCUT2D eigenvalue weighted by atomic mass is 127. The second kappa shape index (κ2) is 7.75. The summed E-state index contributed by atoms with van der Waals surface area (Å²) < 4.78 is 13.0. The summed E-state index contributed by atoms with van der Waals surface area (Å²) in [5.41, 5.74) is 8.17. The van der Waals surface area contributed by atoms with Gasteiger partial charge >= 0.3 is 0 Å². The Morgan fingerprint density at radius 1 is 1.25 bits per heavy atom. The molecule has 24 heavy (non-hydrogen) atoms. The van der Waals surface area contributed by atoms with Crippen molar-refractivity contribution in [2.45, 2.75) is 32.6 Å². The first-order chi connectivity index (χ1) is 11.7. The van der Waals surface area contributed by atoms with Gasteiger partial charge in [0.15, 0.2) is 11.2 Å². The van der Waals surface area contributed by atoms with E-state index in [0.717, 1.165) is 18.5 Å². The van der Waals surface area contributed by atoms with Crippen LogP contribution >= 0.6 is 23.0 Å². The van der Waals surface area contributed by atoms with Gasteiger partial charge in [-0.3, -0.25) is 0 Å². The number of aryl methyl sites for hydroxylation is 1. The largest absolute Gasteiger partial charge is 0.471 e.